The van der Waals surface area contributed by atoms with Gasteiger partial charge in [-0.2, -0.15) is 0 Å². The number of nitrogens with two attached hydrogens (primary N) is 1. The van der Waals surface area contributed by atoms with Crippen LogP contribution in [0.2, 0.25) is 0 Å². The van der Waals surface area contributed by atoms with Crippen LogP contribution in [0.3, 0.4) is 0 Å². The van der Waals surface area contributed by atoms with E-state index >= 15 is 0 Å². The average Bonchev–Trinajstić information content (AvgIpc) is 2.40. The lowest BCUT2D eigenvalue weighted by Crippen LogP contribution is -2.37. The molecule has 0 saturated heterocycles. The molecule has 1 atom stereocenters. The number of ether oxygens (including phenoxy) is 1. The van der Waals surface area contributed by atoms with Crippen LogP contribution in [-0.2, 0) is 4.74 Å². The van der Waals surface area contributed by atoms with Crippen LogP contribution in [0.4, 0.5) is 14.5 Å². The number of halogens is 2. The van der Waals surface area contributed by atoms with Gasteiger partial charge in [0.1, 0.15) is 23.2 Å². The van der Waals surface area contributed by atoms with Crippen molar-refractivity contribution in [1.82, 2.24) is 0 Å². The minimum atomic E-state index is -0.716. The fourth-order valence-corrected chi connectivity index (χ4v) is 1.96. The molecule has 0 bridgehead atoms. The zero-order valence-corrected chi connectivity index (χ0v) is 12.0. The van der Waals surface area contributed by atoms with Crippen molar-refractivity contribution in [2.75, 3.05) is 25.2 Å². The number of methoxy groups -OCH3 is 1. The second kappa shape index (κ2) is 7.19. The number of hydrogen-bond acceptors (Lipinski definition) is 3. The van der Waals surface area contributed by atoms with Crippen molar-refractivity contribution >= 4 is 11.5 Å². The Morgan fingerprint density at radius 3 is 2.35 bits per heavy atom. The fraction of sp³-hybridized carbons (Fsp3) is 0.500. The summed E-state index contributed by atoms with van der Waals surface area (Å²) in [5.41, 5.74) is 5.21. The smallest absolute Gasteiger partial charge is 0.150 e. The van der Waals surface area contributed by atoms with E-state index < -0.39 is 11.6 Å². The van der Waals surface area contributed by atoms with Gasteiger partial charge in [-0.1, -0.05) is 6.92 Å². The minimum absolute atomic E-state index is 0.0303. The number of nitrogen functional groups attached to an aromatic ring is 1. The van der Waals surface area contributed by atoms with E-state index in [-0.39, 0.29) is 23.1 Å². The molecule has 0 heterocycles. The Morgan fingerprint density at radius 2 is 1.95 bits per heavy atom. The van der Waals surface area contributed by atoms with Crippen LogP contribution in [0.5, 0.6) is 0 Å². The number of nitrogens with one attached hydrogen (secondary N) is 1. The highest BCUT2D eigenvalue weighted by Crippen LogP contribution is 2.27. The van der Waals surface area contributed by atoms with Gasteiger partial charge in [0, 0.05) is 25.3 Å². The van der Waals surface area contributed by atoms with E-state index in [0.29, 0.717) is 13.2 Å². The highest BCUT2D eigenvalue weighted by Gasteiger charge is 2.22. The molecule has 0 fully saturated rings. The highest BCUT2D eigenvalue weighted by atomic mass is 19.1. The number of anilines is 1. The zero-order chi connectivity index (χ0) is 15.3. The molecule has 0 aliphatic carbocycles. The summed E-state index contributed by atoms with van der Waals surface area (Å²) in [6.45, 7) is 4.61. The molecule has 1 aromatic rings. The van der Waals surface area contributed by atoms with Crippen molar-refractivity contribution in [1.29, 1.82) is 5.41 Å². The van der Waals surface area contributed by atoms with Gasteiger partial charge in [0.15, 0.2) is 0 Å². The van der Waals surface area contributed by atoms with Crippen LogP contribution in [0.1, 0.15) is 25.8 Å². The van der Waals surface area contributed by atoms with Gasteiger partial charge in [-0.05, 0) is 25.5 Å². The maximum atomic E-state index is 14.2. The summed E-state index contributed by atoms with van der Waals surface area (Å²) >= 11 is 0. The predicted octanol–water partition coefficient (Wildman–Crippen LogP) is 2.50. The van der Waals surface area contributed by atoms with Crippen LogP contribution in [0, 0.1) is 17.0 Å². The lowest BCUT2D eigenvalue weighted by molar-refractivity contribution is 0.203. The molecule has 1 rings (SSSR count). The third-order valence-electron chi connectivity index (χ3n) is 3.27. The second-order valence-electron chi connectivity index (χ2n) is 4.65. The molecule has 1 aromatic carbocycles. The molecule has 112 valence electrons. The maximum absolute atomic E-state index is 14.2. The second-order valence-corrected chi connectivity index (χ2v) is 4.65. The monoisotopic (exact) mass is 285 g/mol. The summed E-state index contributed by atoms with van der Waals surface area (Å²) in [4.78, 5) is 1.64. The van der Waals surface area contributed by atoms with E-state index in [2.05, 4.69) is 0 Å². The van der Waals surface area contributed by atoms with E-state index in [4.69, 9.17) is 15.9 Å². The molecule has 20 heavy (non-hydrogen) atoms. The minimum Gasteiger partial charge on any atom is -0.384 e. The molecule has 0 radical (unpaired) electrons. The first-order chi connectivity index (χ1) is 9.42. The molecular weight excluding hydrogens is 264 g/mol. The molecule has 4 nitrogen and oxygen atoms in total. The van der Waals surface area contributed by atoms with E-state index in [9.17, 15) is 8.78 Å². The van der Waals surface area contributed by atoms with Crippen molar-refractivity contribution in [2.24, 2.45) is 5.73 Å². The first kappa shape index (κ1) is 16.4. The molecule has 1 unspecified atom stereocenters. The summed E-state index contributed by atoms with van der Waals surface area (Å²) in [5, 5.41) is 7.25. The first-order valence-electron chi connectivity index (χ1n) is 6.51. The normalized spacial score (nSPS) is 12.2. The number of hydrogen-bond donors (Lipinski definition) is 2. The third kappa shape index (κ3) is 3.66. The zero-order valence-electron chi connectivity index (χ0n) is 12.0. The Kier molecular flexibility index (Phi) is 5.88. The summed E-state index contributed by atoms with van der Waals surface area (Å²) < 4.78 is 33.3. The Labute approximate surface area is 118 Å². The van der Waals surface area contributed by atoms with Crippen molar-refractivity contribution in [3.63, 3.8) is 0 Å². The molecule has 0 spiro atoms. The van der Waals surface area contributed by atoms with Crippen LogP contribution >= 0.6 is 0 Å². The Morgan fingerprint density at radius 1 is 1.40 bits per heavy atom. The Balaban J connectivity index is 3.22. The fourth-order valence-electron chi connectivity index (χ4n) is 1.96. The topological polar surface area (TPSA) is 62.3 Å². The van der Waals surface area contributed by atoms with Gasteiger partial charge in [-0.15, -0.1) is 0 Å². The lowest BCUT2D eigenvalue weighted by atomic mass is 10.1. The first-order valence-corrected chi connectivity index (χ1v) is 6.51. The highest BCUT2D eigenvalue weighted by molar-refractivity contribution is 5.95. The summed E-state index contributed by atoms with van der Waals surface area (Å²) in [6, 6.07) is 2.14. The van der Waals surface area contributed by atoms with Gasteiger partial charge in [-0.25, -0.2) is 8.78 Å². The summed E-state index contributed by atoms with van der Waals surface area (Å²) in [7, 11) is 1.54. The van der Waals surface area contributed by atoms with E-state index in [0.717, 1.165) is 18.6 Å². The maximum Gasteiger partial charge on any atom is 0.150 e. The molecule has 0 saturated carbocycles. The molecule has 3 N–H and O–H groups in total. The van der Waals surface area contributed by atoms with Gasteiger partial charge in [0.2, 0.25) is 0 Å². The number of rotatable bonds is 7. The SMILES string of the molecule is CCC(C)N(CCOC)c1c(F)cc(C(=N)N)cc1F. The molecule has 0 aliphatic rings. The third-order valence-corrected chi connectivity index (χ3v) is 3.27. The Bertz CT molecular complexity index is 456. The van der Waals surface area contributed by atoms with Crippen molar-refractivity contribution in [3.05, 3.63) is 29.3 Å². The van der Waals surface area contributed by atoms with Crippen molar-refractivity contribution in [3.8, 4) is 0 Å². The van der Waals surface area contributed by atoms with E-state index in [1.807, 2.05) is 13.8 Å². The lowest BCUT2D eigenvalue weighted by Gasteiger charge is -2.31. The standard InChI is InChI=1S/C14H21F2N3O/c1-4-9(2)19(5-6-20-3)13-11(15)7-10(14(17)18)8-12(13)16/h7-9H,4-6H2,1-3H3,(H3,17,18). The summed E-state index contributed by atoms with van der Waals surface area (Å²) in [6.07, 6.45) is 0.747. The molecule has 0 aliphatic heterocycles. The van der Waals surface area contributed by atoms with Crippen molar-refractivity contribution in [2.45, 2.75) is 26.3 Å². The van der Waals surface area contributed by atoms with Gasteiger partial charge >= 0.3 is 0 Å². The van der Waals surface area contributed by atoms with Gasteiger partial charge in [0.25, 0.3) is 0 Å². The van der Waals surface area contributed by atoms with Crippen LogP contribution in [0.25, 0.3) is 0 Å². The van der Waals surface area contributed by atoms with Crippen LogP contribution in [0.15, 0.2) is 12.1 Å². The molecule has 0 amide bonds. The van der Waals surface area contributed by atoms with E-state index in [1.165, 1.54) is 0 Å². The van der Waals surface area contributed by atoms with Crippen LogP contribution in [-0.4, -0.2) is 32.1 Å². The van der Waals surface area contributed by atoms with Crippen LogP contribution < -0.4 is 10.6 Å². The van der Waals surface area contributed by atoms with Gasteiger partial charge in [-0.3, -0.25) is 5.41 Å². The van der Waals surface area contributed by atoms with Gasteiger partial charge in [0.05, 0.1) is 6.61 Å². The number of nitrogens with zero attached hydrogens (tertiary/aromatic N) is 1. The Hall–Kier alpha value is -1.69. The number of amidine groups is 1. The summed E-state index contributed by atoms with van der Waals surface area (Å²) in [5.74, 6) is -1.79. The number of benzene rings is 1. The molecule has 0 aromatic heterocycles. The molecular formula is C14H21F2N3O. The molecule has 6 heteroatoms. The largest absolute Gasteiger partial charge is 0.384 e. The predicted molar refractivity (Wildman–Crippen MR) is 76.3 cm³/mol. The quantitative estimate of drug-likeness (QED) is 0.597. The average molecular weight is 285 g/mol. The van der Waals surface area contributed by atoms with Crippen molar-refractivity contribution < 1.29 is 13.5 Å². The van der Waals surface area contributed by atoms with E-state index in [1.54, 1.807) is 12.0 Å². The van der Waals surface area contributed by atoms with Gasteiger partial charge < -0.3 is 15.4 Å².